The van der Waals surface area contributed by atoms with Crippen LogP contribution in [0.15, 0.2) is 24.4 Å². The average molecular weight is 275 g/mol. The molecular formula is C15H21N3O2. The maximum absolute atomic E-state index is 10.5. The van der Waals surface area contributed by atoms with Gasteiger partial charge in [0.1, 0.15) is 5.82 Å². The lowest BCUT2D eigenvalue weighted by Gasteiger charge is -2.22. The molecule has 1 aromatic heterocycles. The molecule has 0 amide bonds. The van der Waals surface area contributed by atoms with Gasteiger partial charge in [0.05, 0.1) is 0 Å². The summed E-state index contributed by atoms with van der Waals surface area (Å²) in [5, 5.41) is 8.59. The van der Waals surface area contributed by atoms with Crippen molar-refractivity contribution < 1.29 is 9.90 Å². The third kappa shape index (κ3) is 3.36. The molecule has 108 valence electrons. The van der Waals surface area contributed by atoms with Gasteiger partial charge in [-0.25, -0.2) is 9.78 Å². The predicted molar refractivity (Wildman–Crippen MR) is 79.8 cm³/mol. The minimum Gasteiger partial charge on any atom is -0.478 e. The fourth-order valence-electron chi connectivity index (χ4n) is 2.66. The fraction of sp³-hybridized carbons (Fsp3) is 0.467. The van der Waals surface area contributed by atoms with Crippen LogP contribution >= 0.6 is 0 Å². The highest BCUT2D eigenvalue weighted by molar-refractivity contribution is 5.85. The van der Waals surface area contributed by atoms with Gasteiger partial charge in [-0.1, -0.05) is 6.92 Å². The van der Waals surface area contributed by atoms with Gasteiger partial charge in [-0.3, -0.25) is 0 Å². The second kappa shape index (κ2) is 6.05. The number of rotatable bonds is 4. The fourth-order valence-corrected chi connectivity index (χ4v) is 2.66. The van der Waals surface area contributed by atoms with Crippen molar-refractivity contribution in [2.45, 2.75) is 13.0 Å². The van der Waals surface area contributed by atoms with Crippen LogP contribution in [0.3, 0.4) is 0 Å². The van der Waals surface area contributed by atoms with E-state index in [1.54, 1.807) is 12.3 Å². The Morgan fingerprint density at radius 2 is 2.20 bits per heavy atom. The largest absolute Gasteiger partial charge is 0.478 e. The molecule has 5 heteroatoms. The van der Waals surface area contributed by atoms with E-state index in [1.165, 1.54) is 0 Å². The third-order valence-corrected chi connectivity index (χ3v) is 3.75. The van der Waals surface area contributed by atoms with Crippen LogP contribution in [-0.4, -0.2) is 54.2 Å². The Balaban J connectivity index is 2.06. The van der Waals surface area contributed by atoms with Crippen molar-refractivity contribution in [2.24, 2.45) is 5.92 Å². The summed E-state index contributed by atoms with van der Waals surface area (Å²) >= 11 is 0. The van der Waals surface area contributed by atoms with Gasteiger partial charge in [-0.2, -0.15) is 0 Å². The number of nitrogens with zero attached hydrogens (tertiary/aromatic N) is 3. The summed E-state index contributed by atoms with van der Waals surface area (Å²) in [6, 6.07) is 4.39. The van der Waals surface area contributed by atoms with Crippen molar-refractivity contribution >= 4 is 17.9 Å². The highest BCUT2D eigenvalue weighted by atomic mass is 16.4. The molecule has 0 aromatic carbocycles. The van der Waals surface area contributed by atoms with Gasteiger partial charge in [0.15, 0.2) is 0 Å². The molecule has 1 aliphatic heterocycles. The minimum absolute atomic E-state index is 0.545. The van der Waals surface area contributed by atoms with E-state index in [9.17, 15) is 4.79 Å². The molecule has 20 heavy (non-hydrogen) atoms. The van der Waals surface area contributed by atoms with E-state index in [-0.39, 0.29) is 0 Å². The Hall–Kier alpha value is -1.88. The molecule has 2 unspecified atom stereocenters. The molecule has 0 aliphatic carbocycles. The summed E-state index contributed by atoms with van der Waals surface area (Å²) < 4.78 is 0. The first kappa shape index (κ1) is 14.5. The average Bonchev–Trinajstić information content (AvgIpc) is 2.79. The molecule has 2 rings (SSSR count). The maximum Gasteiger partial charge on any atom is 0.328 e. The number of hydrogen-bond acceptors (Lipinski definition) is 4. The predicted octanol–water partition coefficient (Wildman–Crippen LogP) is 1.57. The molecule has 2 heterocycles. The van der Waals surface area contributed by atoms with Gasteiger partial charge in [-0.15, -0.1) is 0 Å². The van der Waals surface area contributed by atoms with E-state index in [1.807, 2.05) is 12.1 Å². The van der Waals surface area contributed by atoms with Gasteiger partial charge >= 0.3 is 5.97 Å². The van der Waals surface area contributed by atoms with Crippen LogP contribution in [0.4, 0.5) is 5.82 Å². The Morgan fingerprint density at radius 3 is 2.70 bits per heavy atom. The molecule has 0 bridgehead atoms. The first-order valence-corrected chi connectivity index (χ1v) is 6.76. The molecule has 0 radical (unpaired) electrons. The van der Waals surface area contributed by atoms with Crippen LogP contribution < -0.4 is 4.90 Å². The molecule has 1 aromatic rings. The van der Waals surface area contributed by atoms with Crippen molar-refractivity contribution in [3.63, 3.8) is 0 Å². The number of likely N-dealkylation sites (N-methyl/N-ethyl adjacent to an activating group) is 1. The lowest BCUT2D eigenvalue weighted by molar-refractivity contribution is -0.131. The Bertz CT molecular complexity index is 496. The van der Waals surface area contributed by atoms with Gasteiger partial charge in [0.25, 0.3) is 0 Å². The SMILES string of the molecule is CC1CN(c2ccc(/C=C/C(=O)O)cn2)CC1N(C)C. The Morgan fingerprint density at radius 1 is 1.45 bits per heavy atom. The van der Waals surface area contributed by atoms with Crippen LogP contribution in [0.25, 0.3) is 6.08 Å². The Kier molecular flexibility index (Phi) is 4.39. The van der Waals surface area contributed by atoms with Crippen molar-refractivity contribution in [1.82, 2.24) is 9.88 Å². The standard InChI is InChI=1S/C15H21N3O2/c1-11-9-18(10-13(11)17(2)3)14-6-4-12(8-16-14)5-7-15(19)20/h4-8,11,13H,9-10H2,1-3H3,(H,19,20)/b7-5+. The summed E-state index contributed by atoms with van der Waals surface area (Å²) in [6.45, 7) is 4.24. The minimum atomic E-state index is -0.948. The second-order valence-corrected chi connectivity index (χ2v) is 5.53. The van der Waals surface area contributed by atoms with Gasteiger partial charge in [-0.05, 0) is 43.8 Å². The Labute approximate surface area is 119 Å². The van der Waals surface area contributed by atoms with Gasteiger partial charge in [0, 0.05) is 31.4 Å². The van der Waals surface area contributed by atoms with Crippen LogP contribution in [-0.2, 0) is 4.79 Å². The number of aromatic nitrogens is 1. The van der Waals surface area contributed by atoms with Crippen LogP contribution in [0, 0.1) is 5.92 Å². The first-order valence-electron chi connectivity index (χ1n) is 6.76. The molecule has 0 saturated carbocycles. The topological polar surface area (TPSA) is 56.7 Å². The highest BCUT2D eigenvalue weighted by Gasteiger charge is 2.31. The van der Waals surface area contributed by atoms with E-state index in [4.69, 9.17) is 5.11 Å². The molecule has 1 fully saturated rings. The summed E-state index contributed by atoms with van der Waals surface area (Å²) in [5.74, 6) is 0.614. The van der Waals surface area contributed by atoms with E-state index in [0.717, 1.165) is 30.5 Å². The second-order valence-electron chi connectivity index (χ2n) is 5.53. The maximum atomic E-state index is 10.5. The summed E-state index contributed by atoms with van der Waals surface area (Å²) in [5.41, 5.74) is 0.799. The smallest absolute Gasteiger partial charge is 0.328 e. The molecule has 2 atom stereocenters. The van der Waals surface area contributed by atoms with Gasteiger partial charge in [0.2, 0.25) is 0 Å². The van der Waals surface area contributed by atoms with Gasteiger partial charge < -0.3 is 14.9 Å². The zero-order valence-corrected chi connectivity index (χ0v) is 12.2. The lowest BCUT2D eigenvalue weighted by Crippen LogP contribution is -2.34. The normalized spacial score (nSPS) is 22.9. The van der Waals surface area contributed by atoms with Crippen molar-refractivity contribution in [3.8, 4) is 0 Å². The number of carboxylic acid groups (broad SMARTS) is 1. The number of carboxylic acids is 1. The van der Waals surface area contributed by atoms with E-state index < -0.39 is 5.97 Å². The first-order chi connectivity index (χ1) is 9.47. The van der Waals surface area contributed by atoms with E-state index in [0.29, 0.717) is 12.0 Å². The molecule has 1 aliphatic rings. The summed E-state index contributed by atoms with van der Waals surface area (Å²) in [4.78, 5) is 19.4. The monoisotopic (exact) mass is 275 g/mol. The highest BCUT2D eigenvalue weighted by Crippen LogP contribution is 2.24. The van der Waals surface area contributed by atoms with Crippen molar-refractivity contribution in [3.05, 3.63) is 30.0 Å². The number of aliphatic carboxylic acids is 1. The number of anilines is 1. The molecular weight excluding hydrogens is 254 g/mol. The van der Waals surface area contributed by atoms with E-state index in [2.05, 4.69) is 35.8 Å². The molecule has 1 saturated heterocycles. The molecule has 0 spiro atoms. The zero-order chi connectivity index (χ0) is 14.7. The van der Waals surface area contributed by atoms with Crippen LogP contribution in [0.5, 0.6) is 0 Å². The van der Waals surface area contributed by atoms with Crippen LogP contribution in [0.2, 0.25) is 0 Å². The number of carbonyl (C=O) groups is 1. The summed E-state index contributed by atoms with van der Waals surface area (Å²) in [6.07, 6.45) is 4.38. The molecule has 5 nitrogen and oxygen atoms in total. The lowest BCUT2D eigenvalue weighted by atomic mass is 10.1. The quantitative estimate of drug-likeness (QED) is 0.845. The van der Waals surface area contributed by atoms with E-state index >= 15 is 0 Å². The molecule has 1 N–H and O–H groups in total. The number of pyridine rings is 1. The van der Waals surface area contributed by atoms with Crippen molar-refractivity contribution in [1.29, 1.82) is 0 Å². The third-order valence-electron chi connectivity index (χ3n) is 3.75. The number of hydrogen-bond donors (Lipinski definition) is 1. The summed E-state index contributed by atoms with van der Waals surface area (Å²) in [7, 11) is 4.22. The van der Waals surface area contributed by atoms with Crippen molar-refractivity contribution in [2.75, 3.05) is 32.1 Å². The van der Waals surface area contributed by atoms with Crippen LogP contribution in [0.1, 0.15) is 12.5 Å². The zero-order valence-electron chi connectivity index (χ0n) is 12.2.